The zero-order valence-corrected chi connectivity index (χ0v) is 17.4. The third kappa shape index (κ3) is 4.82. The van der Waals surface area contributed by atoms with Gasteiger partial charge in [-0.15, -0.1) is 10.2 Å². The molecule has 29 heavy (non-hydrogen) atoms. The topological polar surface area (TPSA) is 84.4 Å². The number of amides is 2. The van der Waals surface area contributed by atoms with E-state index in [1.165, 1.54) is 11.3 Å². The van der Waals surface area contributed by atoms with Gasteiger partial charge >= 0.3 is 0 Å². The van der Waals surface area contributed by atoms with Crippen LogP contribution in [0.2, 0.25) is 0 Å². The summed E-state index contributed by atoms with van der Waals surface area (Å²) in [4.78, 5) is 27.2. The SMILES string of the molecule is Cc1nnc(-c2cccc(NC(=O)C3CCN(C(=O)[C@H]4CCCCO4)CC3)c2)s1. The molecule has 2 aromatic rings. The summed E-state index contributed by atoms with van der Waals surface area (Å²) in [5.74, 6) is 0.0129. The predicted molar refractivity (Wildman–Crippen MR) is 112 cm³/mol. The van der Waals surface area contributed by atoms with Gasteiger partial charge in [0, 0.05) is 36.9 Å². The lowest BCUT2D eigenvalue weighted by Gasteiger charge is -2.34. The van der Waals surface area contributed by atoms with Crippen molar-refractivity contribution in [3.05, 3.63) is 29.3 Å². The van der Waals surface area contributed by atoms with E-state index in [1.54, 1.807) is 0 Å². The van der Waals surface area contributed by atoms with Gasteiger partial charge in [-0.25, -0.2) is 0 Å². The lowest BCUT2D eigenvalue weighted by molar-refractivity contribution is -0.148. The van der Waals surface area contributed by atoms with Crippen molar-refractivity contribution in [2.75, 3.05) is 25.0 Å². The van der Waals surface area contributed by atoms with Crippen LogP contribution in [0.3, 0.4) is 0 Å². The number of nitrogens with zero attached hydrogens (tertiary/aromatic N) is 3. The van der Waals surface area contributed by atoms with Crippen LogP contribution in [-0.4, -0.2) is 52.7 Å². The number of carbonyl (C=O) groups is 2. The smallest absolute Gasteiger partial charge is 0.251 e. The van der Waals surface area contributed by atoms with E-state index in [0.717, 1.165) is 40.5 Å². The van der Waals surface area contributed by atoms with Gasteiger partial charge in [-0.2, -0.15) is 0 Å². The van der Waals surface area contributed by atoms with E-state index < -0.39 is 0 Å². The van der Waals surface area contributed by atoms with Crippen molar-refractivity contribution in [3.8, 4) is 10.6 Å². The van der Waals surface area contributed by atoms with Crippen LogP contribution in [0, 0.1) is 12.8 Å². The summed E-state index contributed by atoms with van der Waals surface area (Å²) < 4.78 is 5.62. The van der Waals surface area contributed by atoms with Gasteiger partial charge in [-0.05, 0) is 51.2 Å². The number of nitrogens with one attached hydrogen (secondary N) is 1. The molecule has 0 saturated carbocycles. The number of aromatic nitrogens is 2. The van der Waals surface area contributed by atoms with E-state index in [0.29, 0.717) is 32.5 Å². The zero-order valence-electron chi connectivity index (χ0n) is 16.6. The van der Waals surface area contributed by atoms with Gasteiger partial charge in [-0.1, -0.05) is 23.5 Å². The number of piperidine rings is 1. The Hall–Kier alpha value is -2.32. The summed E-state index contributed by atoms with van der Waals surface area (Å²) in [6, 6.07) is 7.69. The van der Waals surface area contributed by atoms with Gasteiger partial charge < -0.3 is 15.0 Å². The van der Waals surface area contributed by atoms with E-state index in [4.69, 9.17) is 4.74 Å². The van der Waals surface area contributed by atoms with Crippen molar-refractivity contribution < 1.29 is 14.3 Å². The molecule has 0 radical (unpaired) electrons. The fourth-order valence-corrected chi connectivity index (χ4v) is 4.58. The minimum absolute atomic E-state index is 0.0107. The minimum Gasteiger partial charge on any atom is -0.368 e. The highest BCUT2D eigenvalue weighted by Gasteiger charge is 2.32. The second kappa shape index (κ2) is 9.00. The Morgan fingerprint density at radius 2 is 2.00 bits per heavy atom. The van der Waals surface area contributed by atoms with E-state index in [1.807, 2.05) is 36.1 Å². The Bertz CT molecular complexity index is 870. The Balaban J connectivity index is 1.31. The van der Waals surface area contributed by atoms with Gasteiger partial charge in [0.25, 0.3) is 5.91 Å². The Labute approximate surface area is 174 Å². The maximum atomic E-state index is 12.7. The average Bonchev–Trinajstić information content (AvgIpc) is 3.20. The first-order valence-electron chi connectivity index (χ1n) is 10.2. The number of rotatable bonds is 4. The van der Waals surface area contributed by atoms with Crippen LogP contribution in [0.1, 0.15) is 37.1 Å². The van der Waals surface area contributed by atoms with Crippen LogP contribution >= 0.6 is 11.3 Å². The summed E-state index contributed by atoms with van der Waals surface area (Å²) in [7, 11) is 0. The van der Waals surface area contributed by atoms with Gasteiger partial charge in [-0.3, -0.25) is 9.59 Å². The van der Waals surface area contributed by atoms with E-state index in [2.05, 4.69) is 15.5 Å². The molecule has 2 aliphatic heterocycles. The number of hydrogen-bond donors (Lipinski definition) is 1. The zero-order chi connectivity index (χ0) is 20.2. The van der Waals surface area contributed by atoms with Crippen molar-refractivity contribution in [1.29, 1.82) is 0 Å². The van der Waals surface area contributed by atoms with Crippen LogP contribution in [0.15, 0.2) is 24.3 Å². The molecule has 7 nitrogen and oxygen atoms in total. The standard InChI is InChI=1S/C21H26N4O3S/c1-14-23-24-20(29-14)16-5-4-6-17(13-16)22-19(26)15-8-10-25(11-9-15)21(27)18-7-2-3-12-28-18/h4-6,13,15,18H,2-3,7-12H2,1H3,(H,22,26)/t18-/m1/s1. The van der Waals surface area contributed by atoms with E-state index >= 15 is 0 Å². The molecule has 3 heterocycles. The highest BCUT2D eigenvalue weighted by atomic mass is 32.1. The number of ether oxygens (including phenoxy) is 1. The molecule has 0 spiro atoms. The predicted octanol–water partition coefficient (Wildman–Crippen LogP) is 3.26. The summed E-state index contributed by atoms with van der Waals surface area (Å²) in [5.41, 5.74) is 1.70. The summed E-state index contributed by atoms with van der Waals surface area (Å²) in [5, 5.41) is 13.0. The number of hydrogen-bond acceptors (Lipinski definition) is 6. The van der Waals surface area contributed by atoms with Crippen molar-refractivity contribution in [2.45, 2.75) is 45.1 Å². The van der Waals surface area contributed by atoms with E-state index in [-0.39, 0.29) is 23.8 Å². The first kappa shape index (κ1) is 20.0. The number of likely N-dealkylation sites (tertiary alicyclic amines) is 1. The monoisotopic (exact) mass is 414 g/mol. The highest BCUT2D eigenvalue weighted by Crippen LogP contribution is 2.27. The summed E-state index contributed by atoms with van der Waals surface area (Å²) in [6.45, 7) is 3.82. The van der Waals surface area contributed by atoms with Crippen molar-refractivity contribution in [3.63, 3.8) is 0 Å². The first-order valence-corrected chi connectivity index (χ1v) is 11.0. The molecule has 8 heteroatoms. The second-order valence-electron chi connectivity index (χ2n) is 7.65. The molecule has 1 aromatic heterocycles. The van der Waals surface area contributed by atoms with Crippen molar-refractivity contribution in [1.82, 2.24) is 15.1 Å². The Kier molecular flexibility index (Phi) is 6.20. The molecule has 0 bridgehead atoms. The molecule has 1 atom stereocenters. The number of aryl methyl sites for hydroxylation is 1. The molecular formula is C21H26N4O3S. The Morgan fingerprint density at radius 3 is 2.69 bits per heavy atom. The van der Waals surface area contributed by atoms with Crippen LogP contribution in [0.4, 0.5) is 5.69 Å². The largest absolute Gasteiger partial charge is 0.368 e. The lowest BCUT2D eigenvalue weighted by atomic mass is 9.95. The normalized spacial score (nSPS) is 20.4. The van der Waals surface area contributed by atoms with Gasteiger partial charge in [0.1, 0.15) is 16.1 Å². The van der Waals surface area contributed by atoms with Crippen LogP contribution in [-0.2, 0) is 14.3 Å². The maximum absolute atomic E-state index is 12.7. The number of anilines is 1. The molecule has 2 amide bonds. The molecule has 2 aliphatic rings. The summed E-state index contributed by atoms with van der Waals surface area (Å²) in [6.07, 6.45) is 3.96. The second-order valence-corrected chi connectivity index (χ2v) is 8.83. The number of carbonyl (C=O) groups excluding carboxylic acids is 2. The highest BCUT2D eigenvalue weighted by molar-refractivity contribution is 7.14. The fraction of sp³-hybridized carbons (Fsp3) is 0.524. The van der Waals surface area contributed by atoms with Gasteiger partial charge in [0.2, 0.25) is 5.91 Å². The molecule has 2 saturated heterocycles. The number of benzene rings is 1. The van der Waals surface area contributed by atoms with Crippen LogP contribution in [0.25, 0.3) is 10.6 Å². The molecule has 1 N–H and O–H groups in total. The molecule has 0 unspecified atom stereocenters. The molecular weight excluding hydrogens is 388 g/mol. The molecule has 154 valence electrons. The Morgan fingerprint density at radius 1 is 1.17 bits per heavy atom. The average molecular weight is 415 g/mol. The van der Waals surface area contributed by atoms with Gasteiger partial charge in [0.15, 0.2) is 0 Å². The molecule has 2 fully saturated rings. The molecule has 4 rings (SSSR count). The van der Waals surface area contributed by atoms with Gasteiger partial charge in [0.05, 0.1) is 0 Å². The van der Waals surface area contributed by atoms with E-state index in [9.17, 15) is 9.59 Å². The molecule has 1 aromatic carbocycles. The minimum atomic E-state index is -0.291. The summed E-state index contributed by atoms with van der Waals surface area (Å²) >= 11 is 1.53. The third-order valence-electron chi connectivity index (χ3n) is 5.54. The lowest BCUT2D eigenvalue weighted by Crippen LogP contribution is -2.47. The van der Waals surface area contributed by atoms with Crippen molar-refractivity contribution >= 4 is 28.8 Å². The van der Waals surface area contributed by atoms with Crippen LogP contribution < -0.4 is 5.32 Å². The first-order chi connectivity index (χ1) is 14.1. The quantitative estimate of drug-likeness (QED) is 0.830. The molecule has 0 aliphatic carbocycles. The third-order valence-corrected chi connectivity index (χ3v) is 6.42. The maximum Gasteiger partial charge on any atom is 0.251 e. The fourth-order valence-electron chi connectivity index (χ4n) is 3.89. The van der Waals surface area contributed by atoms with Crippen LogP contribution in [0.5, 0.6) is 0 Å². The van der Waals surface area contributed by atoms with Crippen molar-refractivity contribution in [2.24, 2.45) is 5.92 Å².